The van der Waals surface area contributed by atoms with Gasteiger partial charge in [0.25, 0.3) is 0 Å². The molecule has 2 aromatic rings. The highest BCUT2D eigenvalue weighted by molar-refractivity contribution is 9.11. The van der Waals surface area contributed by atoms with Gasteiger partial charge < -0.3 is 4.90 Å². The van der Waals surface area contributed by atoms with Crippen molar-refractivity contribution in [2.24, 2.45) is 5.92 Å². The molecule has 0 saturated carbocycles. The van der Waals surface area contributed by atoms with Crippen molar-refractivity contribution in [3.63, 3.8) is 0 Å². The summed E-state index contributed by atoms with van der Waals surface area (Å²) < 4.78 is 14.3. The lowest BCUT2D eigenvalue weighted by Crippen LogP contribution is -2.50. The van der Waals surface area contributed by atoms with E-state index in [0.717, 1.165) is 42.1 Å². The van der Waals surface area contributed by atoms with Gasteiger partial charge in [-0.05, 0) is 45.8 Å². The minimum Gasteiger partial charge on any atom is -0.340 e. The molecule has 0 bridgehead atoms. The zero-order valence-electron chi connectivity index (χ0n) is 14.8. The molecule has 1 amide bonds. The molecule has 0 spiro atoms. The van der Waals surface area contributed by atoms with Crippen LogP contribution in [0.1, 0.15) is 16.5 Å². The van der Waals surface area contributed by atoms with E-state index in [9.17, 15) is 9.18 Å². The van der Waals surface area contributed by atoms with Gasteiger partial charge in [0.1, 0.15) is 5.82 Å². The summed E-state index contributed by atoms with van der Waals surface area (Å²) in [6.45, 7) is 4.79. The fourth-order valence-corrected chi connectivity index (χ4v) is 5.26. The summed E-state index contributed by atoms with van der Waals surface area (Å²) in [5.41, 5.74) is 7.20. The SMILES string of the molecule is O=C(C1CNNC1c1ccc(F)cc1)N1CCN(Cc2ccc(Br)s2)CC1. The lowest BCUT2D eigenvalue weighted by molar-refractivity contribution is -0.137. The first kappa shape index (κ1) is 19.0. The first-order chi connectivity index (χ1) is 13.1. The van der Waals surface area contributed by atoms with Crippen LogP contribution >= 0.6 is 27.3 Å². The highest BCUT2D eigenvalue weighted by atomic mass is 79.9. The van der Waals surface area contributed by atoms with Gasteiger partial charge in [-0.1, -0.05) is 12.1 Å². The van der Waals surface area contributed by atoms with Crippen LogP contribution in [0.4, 0.5) is 4.39 Å². The number of carbonyl (C=O) groups is 1. The average Bonchev–Trinajstić information content (AvgIpc) is 3.32. The minimum absolute atomic E-state index is 0.125. The Bertz CT molecular complexity index is 791. The second kappa shape index (κ2) is 8.36. The Morgan fingerprint density at radius 1 is 1.15 bits per heavy atom. The Morgan fingerprint density at radius 2 is 1.89 bits per heavy atom. The molecule has 1 aromatic heterocycles. The van der Waals surface area contributed by atoms with Gasteiger partial charge in [0.2, 0.25) is 5.91 Å². The molecule has 4 rings (SSSR count). The number of hydrogen-bond acceptors (Lipinski definition) is 5. The molecule has 3 heterocycles. The monoisotopic (exact) mass is 452 g/mol. The molecule has 2 unspecified atom stereocenters. The molecule has 8 heteroatoms. The maximum Gasteiger partial charge on any atom is 0.229 e. The summed E-state index contributed by atoms with van der Waals surface area (Å²) >= 11 is 5.27. The van der Waals surface area contributed by atoms with Crippen LogP contribution in [0.15, 0.2) is 40.2 Å². The molecule has 144 valence electrons. The molecule has 2 N–H and O–H groups in total. The molecule has 1 aromatic carbocycles. The van der Waals surface area contributed by atoms with E-state index < -0.39 is 0 Å². The van der Waals surface area contributed by atoms with Crippen LogP contribution in [0.25, 0.3) is 0 Å². The number of hydrazine groups is 1. The molecule has 2 aliphatic heterocycles. The third-order valence-electron chi connectivity index (χ3n) is 5.22. The topological polar surface area (TPSA) is 47.6 Å². The van der Waals surface area contributed by atoms with Crippen LogP contribution in [0.5, 0.6) is 0 Å². The predicted octanol–water partition coefficient (Wildman–Crippen LogP) is 2.76. The Labute approximate surface area is 170 Å². The Hall–Kier alpha value is -1.32. The van der Waals surface area contributed by atoms with Crippen LogP contribution in [-0.2, 0) is 11.3 Å². The zero-order valence-corrected chi connectivity index (χ0v) is 17.2. The lowest BCUT2D eigenvalue weighted by Gasteiger charge is -2.36. The Kier molecular flexibility index (Phi) is 5.89. The summed E-state index contributed by atoms with van der Waals surface area (Å²) in [5, 5.41) is 0. The molecular weight excluding hydrogens is 431 g/mol. The van der Waals surface area contributed by atoms with Crippen molar-refractivity contribution in [1.29, 1.82) is 0 Å². The highest BCUT2D eigenvalue weighted by Crippen LogP contribution is 2.28. The number of nitrogens with one attached hydrogen (secondary N) is 2. The summed E-state index contributed by atoms with van der Waals surface area (Å²) in [5.74, 6) is -0.267. The molecule has 0 aliphatic carbocycles. The van der Waals surface area contributed by atoms with Crippen LogP contribution in [-0.4, -0.2) is 48.4 Å². The third-order valence-corrected chi connectivity index (χ3v) is 6.83. The van der Waals surface area contributed by atoms with E-state index in [2.05, 4.69) is 43.8 Å². The number of halogens is 2. The van der Waals surface area contributed by atoms with Gasteiger partial charge in [-0.2, -0.15) is 0 Å². The first-order valence-electron chi connectivity index (χ1n) is 9.09. The predicted molar refractivity (Wildman–Crippen MR) is 108 cm³/mol. The van der Waals surface area contributed by atoms with E-state index in [0.29, 0.717) is 6.54 Å². The number of piperazine rings is 1. The zero-order chi connectivity index (χ0) is 18.8. The first-order valence-corrected chi connectivity index (χ1v) is 10.7. The quantitative estimate of drug-likeness (QED) is 0.748. The van der Waals surface area contributed by atoms with Crippen molar-refractivity contribution >= 4 is 33.2 Å². The van der Waals surface area contributed by atoms with Crippen LogP contribution in [0.3, 0.4) is 0 Å². The van der Waals surface area contributed by atoms with Crippen molar-refractivity contribution in [2.75, 3.05) is 32.7 Å². The minimum atomic E-state index is -0.263. The van der Waals surface area contributed by atoms with E-state index in [4.69, 9.17) is 0 Å². The summed E-state index contributed by atoms with van der Waals surface area (Å²) in [4.78, 5) is 18.8. The van der Waals surface area contributed by atoms with Gasteiger partial charge in [-0.15, -0.1) is 11.3 Å². The molecule has 5 nitrogen and oxygen atoms in total. The molecule has 0 radical (unpaired) electrons. The van der Waals surface area contributed by atoms with Gasteiger partial charge in [0.15, 0.2) is 0 Å². The van der Waals surface area contributed by atoms with Crippen molar-refractivity contribution in [3.05, 3.63) is 56.4 Å². The van der Waals surface area contributed by atoms with Gasteiger partial charge in [0, 0.05) is 44.1 Å². The van der Waals surface area contributed by atoms with Crippen molar-refractivity contribution in [2.45, 2.75) is 12.6 Å². The van der Waals surface area contributed by atoms with Crippen LogP contribution in [0, 0.1) is 11.7 Å². The molecule has 27 heavy (non-hydrogen) atoms. The summed E-state index contributed by atoms with van der Waals surface area (Å²) in [6.07, 6.45) is 0. The largest absolute Gasteiger partial charge is 0.340 e. The van der Waals surface area contributed by atoms with Crippen molar-refractivity contribution < 1.29 is 9.18 Å². The van der Waals surface area contributed by atoms with E-state index in [1.54, 1.807) is 23.5 Å². The fourth-order valence-electron chi connectivity index (χ4n) is 3.73. The van der Waals surface area contributed by atoms with E-state index in [1.165, 1.54) is 17.0 Å². The van der Waals surface area contributed by atoms with E-state index in [1.807, 2.05) is 4.90 Å². The van der Waals surface area contributed by atoms with Gasteiger partial charge >= 0.3 is 0 Å². The standard InChI is InChI=1S/C19H22BrFN4OS/c20-17-6-5-15(27-17)12-24-7-9-25(10-8-24)19(26)16-11-22-23-18(16)13-1-3-14(21)4-2-13/h1-6,16,18,22-23H,7-12H2. The molecule has 2 aliphatic rings. The Morgan fingerprint density at radius 3 is 2.56 bits per heavy atom. The maximum absolute atomic E-state index is 13.2. The second-order valence-corrected chi connectivity index (χ2v) is 9.52. The van der Waals surface area contributed by atoms with E-state index in [-0.39, 0.29) is 23.7 Å². The molecule has 2 atom stereocenters. The number of thiophene rings is 1. The van der Waals surface area contributed by atoms with Crippen molar-refractivity contribution in [3.8, 4) is 0 Å². The van der Waals surface area contributed by atoms with E-state index >= 15 is 0 Å². The van der Waals surface area contributed by atoms with Crippen LogP contribution < -0.4 is 10.9 Å². The van der Waals surface area contributed by atoms with Crippen LogP contribution in [0.2, 0.25) is 0 Å². The number of nitrogens with zero attached hydrogens (tertiary/aromatic N) is 2. The summed E-state index contributed by atoms with van der Waals surface area (Å²) in [7, 11) is 0. The number of rotatable bonds is 4. The maximum atomic E-state index is 13.2. The number of benzene rings is 1. The normalized spacial score (nSPS) is 23.7. The number of carbonyl (C=O) groups excluding carboxylic acids is 1. The highest BCUT2D eigenvalue weighted by Gasteiger charge is 2.37. The van der Waals surface area contributed by atoms with Gasteiger partial charge in [-0.3, -0.25) is 15.1 Å². The average molecular weight is 453 g/mol. The Balaban J connectivity index is 1.35. The number of hydrogen-bond donors (Lipinski definition) is 2. The van der Waals surface area contributed by atoms with Gasteiger partial charge in [-0.25, -0.2) is 9.82 Å². The fraction of sp³-hybridized carbons (Fsp3) is 0.421. The molecular formula is C19H22BrFN4OS. The smallest absolute Gasteiger partial charge is 0.229 e. The number of amides is 1. The lowest BCUT2D eigenvalue weighted by atomic mass is 9.93. The van der Waals surface area contributed by atoms with Crippen molar-refractivity contribution in [1.82, 2.24) is 20.7 Å². The second-order valence-electron chi connectivity index (χ2n) is 6.97. The molecule has 2 fully saturated rings. The summed E-state index contributed by atoms with van der Waals surface area (Å²) in [6, 6.07) is 10.5. The van der Waals surface area contributed by atoms with Gasteiger partial charge in [0.05, 0.1) is 15.7 Å². The third kappa shape index (κ3) is 4.41. The molecule has 2 saturated heterocycles.